The van der Waals surface area contributed by atoms with E-state index in [4.69, 9.17) is 0 Å². The van der Waals surface area contributed by atoms with Crippen LogP contribution >= 0.6 is 11.8 Å². The lowest BCUT2D eigenvalue weighted by Crippen LogP contribution is -1.99. The van der Waals surface area contributed by atoms with Gasteiger partial charge in [0.2, 0.25) is 0 Å². The first kappa shape index (κ1) is 18.2. The Labute approximate surface area is 132 Å². The van der Waals surface area contributed by atoms with Gasteiger partial charge in [0.05, 0.1) is 0 Å². The molecule has 0 unspecified atom stereocenters. The molecular weight excluding hydrogens is 283 g/mol. The molecule has 1 aromatic rings. The second-order valence-electron chi connectivity index (χ2n) is 5.41. The third-order valence-electron chi connectivity index (χ3n) is 3.50. The quantitative estimate of drug-likeness (QED) is 0.354. The van der Waals surface area contributed by atoms with E-state index in [1.165, 1.54) is 56.4 Å². The fraction of sp³-hybridized carbons (Fsp3) is 0.611. The van der Waals surface area contributed by atoms with Crippen molar-refractivity contribution in [3.8, 4) is 0 Å². The number of hydrogen-bond acceptors (Lipinski definition) is 2. The fourth-order valence-electron chi connectivity index (χ4n) is 2.20. The summed E-state index contributed by atoms with van der Waals surface area (Å²) < 4.78 is 12.8. The van der Waals surface area contributed by atoms with Crippen molar-refractivity contribution in [1.29, 1.82) is 0 Å². The lowest BCUT2D eigenvalue weighted by atomic mass is 10.1. The molecule has 3 heteroatoms. The van der Waals surface area contributed by atoms with E-state index in [9.17, 15) is 9.18 Å². The molecule has 0 aliphatic carbocycles. The Hall–Kier alpha value is -0.830. The Kier molecular flexibility index (Phi) is 10.2. The maximum Gasteiger partial charge on any atom is 0.162 e. The van der Waals surface area contributed by atoms with Crippen molar-refractivity contribution < 1.29 is 9.18 Å². The van der Waals surface area contributed by atoms with Gasteiger partial charge < -0.3 is 0 Å². The van der Waals surface area contributed by atoms with E-state index in [2.05, 4.69) is 6.92 Å². The van der Waals surface area contributed by atoms with Crippen LogP contribution in [0.4, 0.5) is 4.39 Å². The summed E-state index contributed by atoms with van der Waals surface area (Å²) in [5, 5.41) is 0. The Balaban J connectivity index is 1.96. The van der Waals surface area contributed by atoms with Gasteiger partial charge in [-0.3, -0.25) is 4.79 Å². The van der Waals surface area contributed by atoms with Crippen molar-refractivity contribution in [3.05, 3.63) is 35.6 Å². The van der Waals surface area contributed by atoms with Gasteiger partial charge in [0, 0.05) is 12.0 Å². The first-order valence-corrected chi connectivity index (χ1v) is 9.26. The van der Waals surface area contributed by atoms with Crippen molar-refractivity contribution in [2.45, 2.75) is 58.3 Å². The number of ketones is 1. The third-order valence-corrected chi connectivity index (χ3v) is 4.66. The van der Waals surface area contributed by atoms with Gasteiger partial charge in [0.15, 0.2) is 5.78 Å². The molecule has 0 aromatic heterocycles. The van der Waals surface area contributed by atoms with Crippen LogP contribution in [0.1, 0.15) is 68.6 Å². The molecule has 0 radical (unpaired) electrons. The van der Waals surface area contributed by atoms with E-state index in [1.54, 1.807) is 12.1 Å². The van der Waals surface area contributed by atoms with Crippen LogP contribution in [0.2, 0.25) is 0 Å². The molecule has 0 heterocycles. The monoisotopic (exact) mass is 310 g/mol. The Bertz CT molecular complexity index is 389. The number of benzene rings is 1. The van der Waals surface area contributed by atoms with E-state index in [0.717, 1.165) is 12.2 Å². The number of hydrogen-bond donors (Lipinski definition) is 0. The molecule has 118 valence electrons. The first-order valence-electron chi connectivity index (χ1n) is 8.10. The number of unbranched alkanes of at least 4 members (excludes halogenated alkanes) is 5. The van der Waals surface area contributed by atoms with Gasteiger partial charge in [0.1, 0.15) is 5.82 Å². The standard InChI is InChI=1S/C18H27FOS/c1-2-3-4-5-6-7-14-21-15-8-9-18(20)16-10-12-17(19)13-11-16/h10-13H,2-9,14-15H2,1H3. The molecule has 1 rings (SSSR count). The van der Waals surface area contributed by atoms with E-state index >= 15 is 0 Å². The molecule has 1 nitrogen and oxygen atoms in total. The summed E-state index contributed by atoms with van der Waals surface area (Å²) in [4.78, 5) is 11.9. The molecule has 0 spiro atoms. The zero-order chi connectivity index (χ0) is 15.3. The molecule has 0 bridgehead atoms. The first-order chi connectivity index (χ1) is 10.2. The fourth-order valence-corrected chi connectivity index (χ4v) is 3.16. The molecule has 0 aliphatic rings. The van der Waals surface area contributed by atoms with Crippen molar-refractivity contribution >= 4 is 17.5 Å². The molecule has 0 saturated heterocycles. The smallest absolute Gasteiger partial charge is 0.162 e. The highest BCUT2D eigenvalue weighted by Crippen LogP contribution is 2.13. The second kappa shape index (κ2) is 11.8. The zero-order valence-corrected chi connectivity index (χ0v) is 13.9. The molecule has 0 atom stereocenters. The minimum atomic E-state index is -0.291. The Morgan fingerprint density at radius 1 is 0.952 bits per heavy atom. The van der Waals surface area contributed by atoms with Crippen LogP contribution in [0.25, 0.3) is 0 Å². The van der Waals surface area contributed by atoms with Crippen LogP contribution in [-0.2, 0) is 0 Å². The van der Waals surface area contributed by atoms with Gasteiger partial charge >= 0.3 is 0 Å². The molecule has 0 aliphatic heterocycles. The normalized spacial score (nSPS) is 10.8. The highest BCUT2D eigenvalue weighted by atomic mass is 32.2. The van der Waals surface area contributed by atoms with E-state index in [0.29, 0.717) is 12.0 Å². The topological polar surface area (TPSA) is 17.1 Å². The zero-order valence-electron chi connectivity index (χ0n) is 13.1. The summed E-state index contributed by atoms with van der Waals surface area (Å²) in [6, 6.07) is 5.84. The van der Waals surface area contributed by atoms with Crippen LogP contribution in [0, 0.1) is 5.82 Å². The average Bonchev–Trinajstić information content (AvgIpc) is 2.49. The van der Waals surface area contributed by atoms with Crippen molar-refractivity contribution in [3.63, 3.8) is 0 Å². The summed E-state index contributed by atoms with van der Waals surface area (Å²) >= 11 is 1.94. The van der Waals surface area contributed by atoms with Gasteiger partial charge in [0.25, 0.3) is 0 Å². The highest BCUT2D eigenvalue weighted by Gasteiger charge is 2.05. The van der Waals surface area contributed by atoms with Crippen LogP contribution in [0.15, 0.2) is 24.3 Å². The third kappa shape index (κ3) is 8.92. The molecule has 1 aromatic carbocycles. The molecule has 0 N–H and O–H groups in total. The minimum Gasteiger partial charge on any atom is -0.294 e. The summed E-state index contributed by atoms with van der Waals surface area (Å²) in [6.45, 7) is 2.24. The predicted octanol–water partition coefficient (Wildman–Crippen LogP) is 5.88. The largest absolute Gasteiger partial charge is 0.294 e. The number of Topliss-reactive ketones (excluding diaryl/α,β-unsaturated/α-hetero) is 1. The Morgan fingerprint density at radius 3 is 2.29 bits per heavy atom. The molecule has 0 saturated carbocycles. The van der Waals surface area contributed by atoms with Gasteiger partial charge in [-0.25, -0.2) is 4.39 Å². The molecular formula is C18H27FOS. The molecule has 0 amide bonds. The van der Waals surface area contributed by atoms with E-state index in [1.807, 2.05) is 11.8 Å². The van der Waals surface area contributed by atoms with Gasteiger partial charge in [-0.05, 0) is 48.6 Å². The summed E-state index contributed by atoms with van der Waals surface area (Å²) in [5.41, 5.74) is 0.623. The highest BCUT2D eigenvalue weighted by molar-refractivity contribution is 7.99. The summed E-state index contributed by atoms with van der Waals surface area (Å²) in [7, 11) is 0. The van der Waals surface area contributed by atoms with Crippen molar-refractivity contribution in [1.82, 2.24) is 0 Å². The number of thioether (sulfide) groups is 1. The maximum absolute atomic E-state index is 12.8. The maximum atomic E-state index is 12.8. The van der Waals surface area contributed by atoms with Crippen molar-refractivity contribution in [2.75, 3.05) is 11.5 Å². The average molecular weight is 310 g/mol. The van der Waals surface area contributed by atoms with E-state index in [-0.39, 0.29) is 11.6 Å². The van der Waals surface area contributed by atoms with Gasteiger partial charge in [-0.15, -0.1) is 0 Å². The molecule has 21 heavy (non-hydrogen) atoms. The summed E-state index contributed by atoms with van der Waals surface area (Å²) in [6.07, 6.45) is 9.49. The van der Waals surface area contributed by atoms with Crippen LogP contribution in [-0.4, -0.2) is 17.3 Å². The summed E-state index contributed by atoms with van der Waals surface area (Å²) in [5.74, 6) is 2.08. The van der Waals surface area contributed by atoms with Crippen LogP contribution in [0.5, 0.6) is 0 Å². The second-order valence-corrected chi connectivity index (χ2v) is 6.64. The number of carbonyl (C=O) groups excluding carboxylic acids is 1. The number of carbonyl (C=O) groups is 1. The van der Waals surface area contributed by atoms with E-state index < -0.39 is 0 Å². The van der Waals surface area contributed by atoms with Gasteiger partial charge in [-0.2, -0.15) is 11.8 Å². The Morgan fingerprint density at radius 2 is 1.57 bits per heavy atom. The lowest BCUT2D eigenvalue weighted by molar-refractivity contribution is 0.0982. The predicted molar refractivity (Wildman–Crippen MR) is 90.7 cm³/mol. The number of rotatable bonds is 12. The minimum absolute atomic E-state index is 0.121. The number of halogens is 1. The van der Waals surface area contributed by atoms with Crippen LogP contribution in [0.3, 0.4) is 0 Å². The SMILES string of the molecule is CCCCCCCCSCCCC(=O)c1ccc(F)cc1. The van der Waals surface area contributed by atoms with Crippen molar-refractivity contribution in [2.24, 2.45) is 0 Å². The van der Waals surface area contributed by atoms with Crippen LogP contribution < -0.4 is 0 Å². The molecule has 0 fully saturated rings. The van der Waals surface area contributed by atoms with Gasteiger partial charge in [-0.1, -0.05) is 39.0 Å². The lowest BCUT2D eigenvalue weighted by Gasteiger charge is -2.03.